The number of hydrogen-bond donors (Lipinski definition) is 1. The second kappa shape index (κ2) is 5.64. The minimum absolute atomic E-state index is 0.495. The molecule has 0 radical (unpaired) electrons. The van der Waals surface area contributed by atoms with Crippen LogP contribution in [0.15, 0.2) is 0 Å². The molecule has 1 nitrogen and oxygen atoms in total. The van der Waals surface area contributed by atoms with Gasteiger partial charge in [0.2, 0.25) is 0 Å². The molecule has 0 saturated heterocycles. The first-order valence-corrected chi connectivity index (χ1v) is 5.54. The summed E-state index contributed by atoms with van der Waals surface area (Å²) in [5, 5.41) is 3.39. The second-order valence-electron chi connectivity index (χ2n) is 5.59. The van der Waals surface area contributed by atoms with Gasteiger partial charge in [-0.1, -0.05) is 41.0 Å². The molecule has 0 aromatic carbocycles. The van der Waals surface area contributed by atoms with E-state index in [1.807, 2.05) is 0 Å². The molecule has 0 rings (SSSR count). The summed E-state index contributed by atoms with van der Waals surface area (Å²) in [7, 11) is 2.07. The maximum absolute atomic E-state index is 3.39. The Bertz CT molecular complexity index is 122. The zero-order valence-corrected chi connectivity index (χ0v) is 10.3. The Kier molecular flexibility index (Phi) is 5.62. The molecule has 1 unspecified atom stereocenters. The highest BCUT2D eigenvalue weighted by atomic mass is 14.9. The Morgan fingerprint density at radius 2 is 1.69 bits per heavy atom. The van der Waals surface area contributed by atoms with Crippen LogP contribution in [0.4, 0.5) is 0 Å². The highest BCUT2D eigenvalue weighted by Gasteiger charge is 2.13. The van der Waals surface area contributed by atoms with Gasteiger partial charge >= 0.3 is 0 Å². The monoisotopic (exact) mass is 185 g/mol. The summed E-state index contributed by atoms with van der Waals surface area (Å²) in [6.45, 7) is 11.5. The lowest BCUT2D eigenvalue weighted by Crippen LogP contribution is -2.30. The van der Waals surface area contributed by atoms with Crippen molar-refractivity contribution in [2.75, 3.05) is 7.05 Å². The van der Waals surface area contributed by atoms with Crippen molar-refractivity contribution in [3.05, 3.63) is 0 Å². The van der Waals surface area contributed by atoms with Gasteiger partial charge < -0.3 is 5.32 Å². The van der Waals surface area contributed by atoms with Crippen molar-refractivity contribution < 1.29 is 0 Å². The van der Waals surface area contributed by atoms with Gasteiger partial charge in [0.1, 0.15) is 0 Å². The summed E-state index contributed by atoms with van der Waals surface area (Å²) >= 11 is 0. The van der Waals surface area contributed by atoms with Gasteiger partial charge in [-0.15, -0.1) is 0 Å². The average Bonchev–Trinajstić information content (AvgIpc) is 1.95. The largest absolute Gasteiger partial charge is 0.317 e. The standard InChI is InChI=1S/C12H27N/c1-10(2)11(13-6)8-7-9-12(3,4)5/h10-11,13H,7-9H2,1-6H3. The molecule has 1 N–H and O–H groups in total. The summed E-state index contributed by atoms with van der Waals surface area (Å²) in [6, 6.07) is 0.697. The Morgan fingerprint density at radius 1 is 1.15 bits per heavy atom. The molecule has 0 bridgehead atoms. The highest BCUT2D eigenvalue weighted by molar-refractivity contribution is 4.70. The maximum atomic E-state index is 3.39. The molecule has 1 heteroatoms. The third-order valence-corrected chi connectivity index (χ3v) is 2.62. The quantitative estimate of drug-likeness (QED) is 0.692. The molecule has 0 aromatic heterocycles. The third-order valence-electron chi connectivity index (χ3n) is 2.62. The molecular formula is C12H27N. The predicted molar refractivity (Wildman–Crippen MR) is 61.0 cm³/mol. The van der Waals surface area contributed by atoms with E-state index in [0.29, 0.717) is 11.5 Å². The average molecular weight is 185 g/mol. The van der Waals surface area contributed by atoms with Crippen LogP contribution >= 0.6 is 0 Å². The summed E-state index contributed by atoms with van der Waals surface area (Å²) in [6.07, 6.45) is 3.98. The van der Waals surface area contributed by atoms with Crippen molar-refractivity contribution in [3.63, 3.8) is 0 Å². The lowest BCUT2D eigenvalue weighted by molar-refractivity contribution is 0.324. The lowest BCUT2D eigenvalue weighted by atomic mass is 9.87. The first kappa shape index (κ1) is 13.0. The molecule has 80 valence electrons. The van der Waals surface area contributed by atoms with E-state index in [9.17, 15) is 0 Å². The van der Waals surface area contributed by atoms with Crippen molar-refractivity contribution in [2.24, 2.45) is 11.3 Å². The zero-order valence-electron chi connectivity index (χ0n) is 10.3. The summed E-state index contributed by atoms with van der Waals surface area (Å²) in [4.78, 5) is 0. The molecule has 0 heterocycles. The minimum atomic E-state index is 0.495. The summed E-state index contributed by atoms with van der Waals surface area (Å²) < 4.78 is 0. The molecule has 0 aromatic rings. The van der Waals surface area contributed by atoms with Crippen LogP contribution in [0.1, 0.15) is 53.9 Å². The fourth-order valence-corrected chi connectivity index (χ4v) is 1.66. The van der Waals surface area contributed by atoms with Gasteiger partial charge in [0.15, 0.2) is 0 Å². The minimum Gasteiger partial charge on any atom is -0.317 e. The van der Waals surface area contributed by atoms with E-state index in [1.54, 1.807) is 0 Å². The van der Waals surface area contributed by atoms with Gasteiger partial charge in [0.25, 0.3) is 0 Å². The van der Waals surface area contributed by atoms with Gasteiger partial charge in [-0.25, -0.2) is 0 Å². The van der Waals surface area contributed by atoms with E-state index in [0.717, 1.165) is 5.92 Å². The van der Waals surface area contributed by atoms with Crippen LogP contribution in [0.25, 0.3) is 0 Å². The SMILES string of the molecule is CNC(CCCC(C)(C)C)C(C)C. The molecule has 0 saturated carbocycles. The lowest BCUT2D eigenvalue weighted by Gasteiger charge is -2.23. The molecule has 0 aliphatic heterocycles. The van der Waals surface area contributed by atoms with Crippen LogP contribution < -0.4 is 5.32 Å². The summed E-state index contributed by atoms with van der Waals surface area (Å²) in [5.74, 6) is 0.755. The van der Waals surface area contributed by atoms with E-state index in [1.165, 1.54) is 19.3 Å². The molecule has 0 aliphatic rings. The Morgan fingerprint density at radius 3 is 2.00 bits per heavy atom. The Labute approximate surface area is 84.3 Å². The van der Waals surface area contributed by atoms with Crippen molar-refractivity contribution in [1.29, 1.82) is 0 Å². The Balaban J connectivity index is 3.62. The van der Waals surface area contributed by atoms with E-state index in [2.05, 4.69) is 47.0 Å². The van der Waals surface area contributed by atoms with E-state index < -0.39 is 0 Å². The second-order valence-corrected chi connectivity index (χ2v) is 5.59. The van der Waals surface area contributed by atoms with Crippen LogP contribution in [-0.2, 0) is 0 Å². The summed E-state index contributed by atoms with van der Waals surface area (Å²) in [5.41, 5.74) is 0.495. The van der Waals surface area contributed by atoms with Crippen LogP contribution in [0.3, 0.4) is 0 Å². The van der Waals surface area contributed by atoms with Crippen LogP contribution in [-0.4, -0.2) is 13.1 Å². The first-order valence-electron chi connectivity index (χ1n) is 5.54. The fourth-order valence-electron chi connectivity index (χ4n) is 1.66. The van der Waals surface area contributed by atoms with E-state index in [4.69, 9.17) is 0 Å². The number of rotatable bonds is 5. The normalized spacial score (nSPS) is 15.0. The van der Waals surface area contributed by atoms with Crippen molar-refractivity contribution in [3.8, 4) is 0 Å². The molecule has 13 heavy (non-hydrogen) atoms. The van der Waals surface area contributed by atoms with Crippen molar-refractivity contribution in [2.45, 2.75) is 59.9 Å². The van der Waals surface area contributed by atoms with Crippen LogP contribution in [0.5, 0.6) is 0 Å². The molecule has 0 fully saturated rings. The molecule has 1 atom stereocenters. The van der Waals surface area contributed by atoms with Crippen molar-refractivity contribution in [1.82, 2.24) is 5.32 Å². The van der Waals surface area contributed by atoms with Crippen LogP contribution in [0.2, 0.25) is 0 Å². The van der Waals surface area contributed by atoms with Gasteiger partial charge in [-0.2, -0.15) is 0 Å². The van der Waals surface area contributed by atoms with Gasteiger partial charge in [0, 0.05) is 6.04 Å². The number of hydrogen-bond acceptors (Lipinski definition) is 1. The third kappa shape index (κ3) is 7.06. The van der Waals surface area contributed by atoms with E-state index in [-0.39, 0.29) is 0 Å². The zero-order chi connectivity index (χ0) is 10.5. The number of nitrogens with one attached hydrogen (secondary N) is 1. The molecular weight excluding hydrogens is 158 g/mol. The van der Waals surface area contributed by atoms with Crippen LogP contribution in [0, 0.1) is 11.3 Å². The maximum Gasteiger partial charge on any atom is 0.00870 e. The predicted octanol–water partition coefficient (Wildman–Crippen LogP) is 3.45. The topological polar surface area (TPSA) is 12.0 Å². The smallest absolute Gasteiger partial charge is 0.00870 e. The fraction of sp³-hybridized carbons (Fsp3) is 1.00. The highest BCUT2D eigenvalue weighted by Crippen LogP contribution is 2.23. The van der Waals surface area contributed by atoms with Crippen molar-refractivity contribution >= 4 is 0 Å². The Hall–Kier alpha value is -0.0400. The van der Waals surface area contributed by atoms with Gasteiger partial charge in [-0.05, 0) is 31.2 Å². The van der Waals surface area contributed by atoms with Gasteiger partial charge in [-0.3, -0.25) is 0 Å². The first-order chi connectivity index (χ1) is 5.87. The molecule has 0 spiro atoms. The molecule has 0 amide bonds. The molecule has 0 aliphatic carbocycles. The van der Waals surface area contributed by atoms with E-state index >= 15 is 0 Å². The van der Waals surface area contributed by atoms with Gasteiger partial charge in [0.05, 0.1) is 0 Å².